The molecule has 0 unspecified atom stereocenters. The van der Waals surface area contributed by atoms with Crippen LogP contribution in [0.3, 0.4) is 0 Å². The molecule has 0 bridgehead atoms. The number of carboxylic acids is 4. The highest BCUT2D eigenvalue weighted by atomic mass is 32.2. The van der Waals surface area contributed by atoms with Crippen molar-refractivity contribution >= 4 is 142 Å². The average molecular weight is 1860 g/mol. The molecule has 0 spiro atoms. The number of aliphatic hydroxyl groups is 1. The van der Waals surface area contributed by atoms with Crippen molar-refractivity contribution in [2.24, 2.45) is 29.0 Å². The SMILES string of the molecule is CC[C@H](C)[C@H](N)C(=O)N[C@@H](CC(=O)O)C(=O)N[C@@H](CCSC)C(=O)N[C@@H](CO)C(=O)N[C@@H](C)C(=O)N[C@@H](Cc1ccccc1)C(=O)N[C@@H](C)C(=O)NCC(=O)N[C@@H](CC(C)C)C(=O)NCC(=O)N1CCC[C@H]1C(=O)N[C@@H](CCCNC(=N)N)C(=O)N[C@@H](CCC(=O)O)C(=O)N[C@@H](CCCCN)C(=O)NCC(=O)N1CCC[C@H]1C(=O)N[C@@H](CC(=O)O)C(=O)N1CCC[C@H]1C(=O)O. The van der Waals surface area contributed by atoms with Crippen LogP contribution in [0, 0.1) is 17.2 Å². The summed E-state index contributed by atoms with van der Waals surface area (Å²) in [6.45, 7) is 6.18. The minimum atomic E-state index is -1.75. The molecule has 0 radical (unpaired) electrons. The summed E-state index contributed by atoms with van der Waals surface area (Å²) < 4.78 is 0. The van der Waals surface area contributed by atoms with E-state index >= 15 is 0 Å². The van der Waals surface area contributed by atoms with E-state index in [1.807, 2.05) is 0 Å². The fourth-order valence-corrected chi connectivity index (χ4v) is 14.8. The average Bonchev–Trinajstić information content (AvgIpc) is 1.78. The van der Waals surface area contributed by atoms with Gasteiger partial charge in [0, 0.05) is 39.0 Å². The highest BCUT2D eigenvalue weighted by Crippen LogP contribution is 2.23. The topological polar surface area (TPSA) is 752 Å². The van der Waals surface area contributed by atoms with Gasteiger partial charge < -0.3 is 137 Å². The number of carbonyl (C=O) groups excluding carboxylic acids is 17. The quantitative estimate of drug-likeness (QED) is 0.0164. The molecule has 4 rings (SSSR count). The Kier molecular flexibility index (Phi) is 47.5. The van der Waals surface area contributed by atoms with E-state index in [2.05, 4.69) is 79.8 Å². The first kappa shape index (κ1) is 110. The number of guanidine groups is 1. The Morgan fingerprint density at radius 3 is 1.42 bits per heavy atom. The summed E-state index contributed by atoms with van der Waals surface area (Å²) in [5, 5.41) is 93.2. The number of hydrogen-bond donors (Lipinski definition) is 24. The molecule has 27 N–H and O–H groups in total. The number of hydrogen-bond acceptors (Lipinski definition) is 26. The summed E-state index contributed by atoms with van der Waals surface area (Å²) in [6, 6.07) is -13.6. The van der Waals surface area contributed by atoms with Crippen molar-refractivity contribution in [2.45, 2.75) is 254 Å². The van der Waals surface area contributed by atoms with Crippen molar-refractivity contribution in [2.75, 3.05) is 71.0 Å². The summed E-state index contributed by atoms with van der Waals surface area (Å²) in [6.07, 6.45) is 0.0787. The summed E-state index contributed by atoms with van der Waals surface area (Å²) in [7, 11) is 0. The molecule has 48 nitrogen and oxygen atoms in total. The molecular weight excluding hydrogens is 1730 g/mol. The van der Waals surface area contributed by atoms with Gasteiger partial charge in [0.1, 0.15) is 84.6 Å². The van der Waals surface area contributed by atoms with Crippen molar-refractivity contribution in [3.05, 3.63) is 35.9 Å². The highest BCUT2D eigenvalue weighted by Gasteiger charge is 2.44. The van der Waals surface area contributed by atoms with Crippen molar-refractivity contribution < 1.29 is 126 Å². The van der Waals surface area contributed by atoms with E-state index in [1.165, 1.54) is 25.6 Å². The summed E-state index contributed by atoms with van der Waals surface area (Å²) in [5.41, 5.74) is 17.8. The van der Waals surface area contributed by atoms with Gasteiger partial charge in [-0.15, -0.1) is 0 Å². The minimum Gasteiger partial charge on any atom is -0.481 e. The van der Waals surface area contributed by atoms with Crippen LogP contribution >= 0.6 is 11.8 Å². The Balaban J connectivity index is 1.40. The lowest BCUT2D eigenvalue weighted by Gasteiger charge is -2.29. The van der Waals surface area contributed by atoms with Gasteiger partial charge >= 0.3 is 23.9 Å². The third-order valence-electron chi connectivity index (χ3n) is 21.7. The van der Waals surface area contributed by atoms with Crippen molar-refractivity contribution in [3.8, 4) is 0 Å². The molecule has 17 amide bonds. The number of likely N-dealkylation sites (tertiary alicyclic amines) is 3. The lowest BCUT2D eigenvalue weighted by molar-refractivity contribution is -0.151. The number of rotatable bonds is 57. The molecule has 3 fully saturated rings. The second-order valence-corrected chi connectivity index (χ2v) is 33.3. The van der Waals surface area contributed by atoms with Crippen molar-refractivity contribution in [1.82, 2.24) is 94.5 Å². The van der Waals surface area contributed by atoms with Crippen LogP contribution in [0.25, 0.3) is 0 Å². The molecule has 3 aliphatic heterocycles. The second kappa shape index (κ2) is 56.1. The standard InChI is InChI=1S/C81H128N22O26S/c1-8-43(4)65(83)78(126)98-53(36-63(110)111)74(122)95-50(27-33-130-7)72(120)100-55(41-104)75(123)91-45(6)67(115)97-52(35-46-18-10-9-11-19-46)73(121)90-44(5)66(114)87-38-59(105)92-51(34-42(2)3)69(117)89-40-61(107)101-30-15-22-56(101)76(124)96-48(21-14-29-86-81(84)85)70(118)94-49(25-26-62(108)109)71(119)93-47(20-12-13-28-82)68(116)88-39-60(106)102-31-16-23-57(102)77(125)99-54(37-64(112)113)79(127)103-32-17-24-58(103)80(128)129/h9-11,18-19,42-45,47-58,65,104H,8,12-17,20-41,82-83H2,1-7H3,(H,87,114)(H,88,116)(H,89,117)(H,90,121)(H,91,123)(H,92,105)(H,93,119)(H,94,118)(H,95,122)(H,96,124)(H,97,115)(H,98,126)(H,99,125)(H,100,120)(H,108,109)(H,110,111)(H,112,113)(H,128,129)(H4,84,85,86)/t43-,44-,45-,47-,48-,49-,50-,51-,52-,53-,54-,55-,56-,57-,58-,65-/m0/s1. The number of carbonyl (C=O) groups is 21. The molecule has 3 heterocycles. The van der Waals surface area contributed by atoms with E-state index in [1.54, 1.807) is 64.3 Å². The predicted molar refractivity (Wildman–Crippen MR) is 464 cm³/mol. The van der Waals surface area contributed by atoms with Crippen LogP contribution in [0.15, 0.2) is 30.3 Å². The Labute approximate surface area is 755 Å². The van der Waals surface area contributed by atoms with Crippen LogP contribution in [-0.2, 0) is 107 Å². The summed E-state index contributed by atoms with van der Waals surface area (Å²) in [4.78, 5) is 285. The highest BCUT2D eigenvalue weighted by molar-refractivity contribution is 7.98. The zero-order chi connectivity index (χ0) is 97.2. The zero-order valence-corrected chi connectivity index (χ0v) is 74.8. The molecule has 0 saturated carbocycles. The maximum atomic E-state index is 14.4. The maximum absolute atomic E-state index is 14.4. The molecule has 3 aliphatic rings. The molecule has 130 heavy (non-hydrogen) atoms. The number of unbranched alkanes of at least 4 members (excludes halogenated alkanes) is 1. The summed E-state index contributed by atoms with van der Waals surface area (Å²) in [5.74, 6) is -22.4. The number of nitrogens with two attached hydrogens (primary N) is 3. The van der Waals surface area contributed by atoms with Gasteiger partial charge in [-0.05, 0) is 140 Å². The van der Waals surface area contributed by atoms with Crippen LogP contribution in [0.1, 0.15) is 163 Å². The zero-order valence-electron chi connectivity index (χ0n) is 74.0. The smallest absolute Gasteiger partial charge is 0.326 e. The van der Waals surface area contributed by atoms with E-state index in [9.17, 15) is 126 Å². The van der Waals surface area contributed by atoms with Crippen molar-refractivity contribution in [3.63, 3.8) is 0 Å². The lowest BCUT2D eigenvalue weighted by atomic mass is 9.99. The van der Waals surface area contributed by atoms with Crippen molar-refractivity contribution in [1.29, 1.82) is 5.41 Å². The van der Waals surface area contributed by atoms with Gasteiger partial charge in [0.15, 0.2) is 5.96 Å². The third kappa shape index (κ3) is 37.3. The first-order chi connectivity index (χ1) is 61.4. The minimum absolute atomic E-state index is 0.00397. The number of nitrogens with zero attached hydrogens (tertiary/aromatic N) is 3. The van der Waals surface area contributed by atoms with E-state index in [0.717, 1.165) is 14.7 Å². The fraction of sp³-hybridized carbons (Fsp3) is 0.654. The number of aliphatic carboxylic acids is 4. The van der Waals surface area contributed by atoms with E-state index < -0.39 is 273 Å². The molecule has 1 aromatic rings. The molecule has 724 valence electrons. The maximum Gasteiger partial charge on any atom is 0.326 e. The lowest BCUT2D eigenvalue weighted by Crippen LogP contribution is -2.60. The third-order valence-corrected chi connectivity index (χ3v) is 22.3. The normalized spacial score (nSPS) is 17.6. The largest absolute Gasteiger partial charge is 0.481 e. The Bertz CT molecular complexity index is 4150. The fourth-order valence-electron chi connectivity index (χ4n) is 14.3. The van der Waals surface area contributed by atoms with Crippen LogP contribution in [0.4, 0.5) is 0 Å². The van der Waals surface area contributed by atoms with Crippen LogP contribution in [0.5, 0.6) is 0 Å². The molecular formula is C81H128N22O26S. The van der Waals surface area contributed by atoms with Gasteiger partial charge in [-0.3, -0.25) is 101 Å². The molecule has 0 aliphatic carbocycles. The summed E-state index contributed by atoms with van der Waals surface area (Å²) >= 11 is 1.27. The van der Waals surface area contributed by atoms with Gasteiger partial charge in [0.25, 0.3) is 0 Å². The Morgan fingerprint density at radius 1 is 0.469 bits per heavy atom. The van der Waals surface area contributed by atoms with Gasteiger partial charge in [-0.2, -0.15) is 11.8 Å². The number of carboxylic acid groups (broad SMARTS) is 4. The van der Waals surface area contributed by atoms with Gasteiger partial charge in [0.2, 0.25) is 100 Å². The predicted octanol–water partition coefficient (Wildman–Crippen LogP) is -7.62. The number of thioether (sulfide) groups is 1. The van der Waals surface area contributed by atoms with Gasteiger partial charge in [0.05, 0.1) is 45.1 Å². The van der Waals surface area contributed by atoms with E-state index in [0.29, 0.717) is 24.8 Å². The van der Waals surface area contributed by atoms with Gasteiger partial charge in [-0.25, -0.2) is 4.79 Å². The number of amides is 17. The Morgan fingerprint density at radius 2 is 0.915 bits per heavy atom. The Hall–Kier alpha value is -12.4. The van der Waals surface area contributed by atoms with Crippen LogP contribution < -0.4 is 97.0 Å². The monoisotopic (exact) mass is 1860 g/mol. The first-order valence-electron chi connectivity index (χ1n) is 43.1. The van der Waals surface area contributed by atoms with Crippen LogP contribution in [-0.4, -0.2) is 332 Å². The van der Waals surface area contributed by atoms with E-state index in [4.69, 9.17) is 22.6 Å². The second-order valence-electron chi connectivity index (χ2n) is 32.3. The number of benzene rings is 1. The molecule has 0 aromatic heterocycles. The van der Waals surface area contributed by atoms with E-state index in [-0.39, 0.29) is 127 Å². The molecule has 16 atom stereocenters. The first-order valence-corrected chi connectivity index (χ1v) is 44.5. The number of aliphatic hydroxyl groups excluding tert-OH is 1. The number of nitrogens with one attached hydrogen (secondary N) is 16. The molecule has 49 heteroatoms. The van der Waals surface area contributed by atoms with Crippen LogP contribution in [0.2, 0.25) is 0 Å². The molecule has 1 aromatic carbocycles. The molecule has 3 saturated heterocycles. The van der Waals surface area contributed by atoms with Gasteiger partial charge in [-0.1, -0.05) is 64.4 Å².